The minimum Gasteiger partial charge on any atom is -0.0617 e. The summed E-state index contributed by atoms with van der Waals surface area (Å²) in [5.74, 6) is 0. The van der Waals surface area contributed by atoms with Gasteiger partial charge in [-0.3, -0.25) is 0 Å². The molecule has 0 atom stereocenters. The summed E-state index contributed by atoms with van der Waals surface area (Å²) in [5.41, 5.74) is 12.9. The van der Waals surface area contributed by atoms with Crippen molar-refractivity contribution < 1.29 is 0 Å². The van der Waals surface area contributed by atoms with Crippen LogP contribution in [0, 0.1) is 0 Å². The SMILES string of the molecule is c1ccc(-c2ccc3sc4ccc(-c5c6ccccc6c(-c6ccc7[se]c8c(-c9c%10ccccc%10c(-c%10ccccc%10)c%10ccccc9%10)cccc8c7c6)c6ccccc56)cc4c3c2)cc1. The van der Waals surface area contributed by atoms with Crippen molar-refractivity contribution in [3.63, 3.8) is 0 Å². The molecule has 2 heteroatoms. The Morgan fingerprint density at radius 3 is 1.17 bits per heavy atom. The molecule has 0 saturated carbocycles. The molecule has 0 spiro atoms. The van der Waals surface area contributed by atoms with Gasteiger partial charge in [-0.15, -0.1) is 11.3 Å². The van der Waals surface area contributed by atoms with Crippen molar-refractivity contribution in [2.45, 2.75) is 0 Å². The van der Waals surface area contributed by atoms with Crippen molar-refractivity contribution in [3.05, 3.63) is 231 Å². The van der Waals surface area contributed by atoms with Gasteiger partial charge in [0.15, 0.2) is 0 Å². The molecule has 0 saturated heterocycles. The fraction of sp³-hybridized carbons (Fsp3) is 0. The van der Waals surface area contributed by atoms with E-state index in [4.69, 9.17) is 0 Å². The van der Waals surface area contributed by atoms with E-state index in [1.54, 1.807) is 0 Å². The van der Waals surface area contributed by atoms with Crippen LogP contribution < -0.4 is 0 Å². The van der Waals surface area contributed by atoms with Gasteiger partial charge >= 0.3 is 319 Å². The van der Waals surface area contributed by atoms with E-state index in [1.165, 1.54) is 138 Å². The summed E-state index contributed by atoms with van der Waals surface area (Å²) in [5, 5.41) is 15.7. The first-order valence-electron chi connectivity index (χ1n) is 22.7. The molecule has 14 rings (SSSR count). The number of rotatable bonds is 5. The third kappa shape index (κ3) is 5.76. The Morgan fingerprint density at radius 1 is 0.242 bits per heavy atom. The Labute approximate surface area is 392 Å². The van der Waals surface area contributed by atoms with Gasteiger partial charge in [0.25, 0.3) is 0 Å². The molecule has 0 radical (unpaired) electrons. The fourth-order valence-corrected chi connectivity index (χ4v) is 14.6. The van der Waals surface area contributed by atoms with Crippen LogP contribution in [0.15, 0.2) is 231 Å². The van der Waals surface area contributed by atoms with Crippen LogP contribution >= 0.6 is 11.3 Å². The normalized spacial score (nSPS) is 11.9. The first kappa shape index (κ1) is 37.8. The minimum absolute atomic E-state index is 0.139. The third-order valence-corrected chi connectivity index (χ3v) is 17.6. The van der Waals surface area contributed by atoms with Crippen molar-refractivity contribution in [2.24, 2.45) is 0 Å². The van der Waals surface area contributed by atoms with Crippen LogP contribution in [0.1, 0.15) is 0 Å². The molecule has 306 valence electrons. The summed E-state index contributed by atoms with van der Waals surface area (Å²) in [6, 6.07) is 86.3. The van der Waals surface area contributed by atoms with Crippen LogP contribution in [-0.4, -0.2) is 14.5 Å². The second kappa shape index (κ2) is 15.0. The smallest absolute Gasteiger partial charge is 0.0617 e. The van der Waals surface area contributed by atoms with Gasteiger partial charge < -0.3 is 0 Å². The zero-order valence-electron chi connectivity index (χ0n) is 35.8. The van der Waals surface area contributed by atoms with Crippen LogP contribution in [0.3, 0.4) is 0 Å². The average molecular weight is 918 g/mol. The molecule has 0 N–H and O–H groups in total. The van der Waals surface area contributed by atoms with E-state index < -0.39 is 0 Å². The number of hydrogen-bond acceptors (Lipinski definition) is 1. The van der Waals surface area contributed by atoms with E-state index in [2.05, 4.69) is 231 Å². The van der Waals surface area contributed by atoms with Gasteiger partial charge in [-0.25, -0.2) is 0 Å². The van der Waals surface area contributed by atoms with E-state index in [0.717, 1.165) is 0 Å². The Hall–Kier alpha value is -7.58. The summed E-state index contributed by atoms with van der Waals surface area (Å²) in [6.45, 7) is 0. The molecule has 0 aliphatic rings. The molecule has 12 aromatic carbocycles. The Kier molecular flexibility index (Phi) is 8.58. The van der Waals surface area contributed by atoms with E-state index in [0.29, 0.717) is 0 Å². The molecule has 0 aliphatic heterocycles. The van der Waals surface area contributed by atoms with Crippen molar-refractivity contribution in [1.82, 2.24) is 0 Å². The molecule has 0 bridgehead atoms. The predicted molar refractivity (Wildman–Crippen MR) is 288 cm³/mol. The number of fused-ring (bicyclic) bond motifs is 10. The van der Waals surface area contributed by atoms with E-state index in [9.17, 15) is 0 Å². The summed E-state index contributed by atoms with van der Waals surface area (Å²) < 4.78 is 5.55. The molecular weight excluding hydrogens is 880 g/mol. The van der Waals surface area contributed by atoms with Crippen LogP contribution in [0.25, 0.3) is 138 Å². The Balaban J connectivity index is 0.966. The summed E-state index contributed by atoms with van der Waals surface area (Å²) in [7, 11) is 0. The summed E-state index contributed by atoms with van der Waals surface area (Å²) >= 11 is 2.02. The molecule has 0 fully saturated rings. The standard InChI is InChI=1S/C64H38SSe/c1-3-16-39(17-4-1)41-30-33-57-54(36-41)55-37-42(31-34-58(55)65-57)61-44-20-7-9-22-46(44)62(47-23-10-8-21-45(47)61)43-32-35-59-56(38-43)52-28-15-29-53(64(52)66-59)63-50-26-13-11-24-48(50)60(40-18-5-2-6-19-40)49-25-12-14-27-51(49)63/h1-38H. The first-order valence-corrected chi connectivity index (χ1v) is 25.2. The van der Waals surface area contributed by atoms with Gasteiger partial charge in [0.1, 0.15) is 0 Å². The maximum atomic E-state index is 2.50. The molecular formula is C64H38SSe. The molecule has 0 nitrogen and oxygen atoms in total. The van der Waals surface area contributed by atoms with Crippen molar-refractivity contribution in [3.8, 4) is 55.6 Å². The Bertz CT molecular complexity index is 4160. The van der Waals surface area contributed by atoms with E-state index >= 15 is 0 Å². The maximum absolute atomic E-state index is 2.50. The van der Waals surface area contributed by atoms with Gasteiger partial charge in [-0.05, 0) is 23.3 Å². The van der Waals surface area contributed by atoms with Crippen LogP contribution in [0.5, 0.6) is 0 Å². The molecule has 2 heterocycles. The van der Waals surface area contributed by atoms with Gasteiger partial charge in [-0.1, -0.05) is 36.4 Å². The topological polar surface area (TPSA) is 0 Å². The van der Waals surface area contributed by atoms with Gasteiger partial charge in [0.05, 0.1) is 0 Å². The molecule has 0 amide bonds. The van der Waals surface area contributed by atoms with E-state index in [1.807, 2.05) is 11.3 Å². The monoisotopic (exact) mass is 918 g/mol. The van der Waals surface area contributed by atoms with Crippen LogP contribution in [0.4, 0.5) is 0 Å². The van der Waals surface area contributed by atoms with Crippen molar-refractivity contribution in [1.29, 1.82) is 0 Å². The zero-order valence-corrected chi connectivity index (χ0v) is 38.3. The van der Waals surface area contributed by atoms with E-state index in [-0.39, 0.29) is 14.5 Å². The summed E-state index contributed by atoms with van der Waals surface area (Å²) in [6.07, 6.45) is 0. The molecule has 66 heavy (non-hydrogen) atoms. The summed E-state index contributed by atoms with van der Waals surface area (Å²) in [4.78, 5) is 0. The molecule has 0 unspecified atom stereocenters. The average Bonchev–Trinajstić information content (AvgIpc) is 3.95. The Morgan fingerprint density at radius 2 is 0.636 bits per heavy atom. The predicted octanol–water partition coefficient (Wildman–Crippen LogP) is 18.4. The first-order chi connectivity index (χ1) is 32.7. The molecule has 14 aromatic rings. The quantitative estimate of drug-likeness (QED) is 0.119. The molecule has 2 aromatic heterocycles. The number of thiophene rings is 1. The van der Waals surface area contributed by atoms with Gasteiger partial charge in [-0.2, -0.15) is 0 Å². The van der Waals surface area contributed by atoms with Crippen molar-refractivity contribution in [2.75, 3.05) is 0 Å². The van der Waals surface area contributed by atoms with Crippen LogP contribution in [-0.2, 0) is 0 Å². The van der Waals surface area contributed by atoms with Gasteiger partial charge in [0, 0.05) is 4.70 Å². The third-order valence-electron chi connectivity index (χ3n) is 13.8. The van der Waals surface area contributed by atoms with Crippen molar-refractivity contribution >= 4 is 108 Å². The van der Waals surface area contributed by atoms with Crippen LogP contribution in [0.2, 0.25) is 0 Å². The second-order valence-corrected chi connectivity index (χ2v) is 20.7. The second-order valence-electron chi connectivity index (χ2n) is 17.4. The molecule has 0 aliphatic carbocycles. The fourth-order valence-electron chi connectivity index (χ4n) is 11.0. The number of benzene rings is 12. The zero-order chi connectivity index (χ0) is 43.3. The minimum atomic E-state index is 0.139. The number of hydrogen-bond donors (Lipinski definition) is 0. The van der Waals surface area contributed by atoms with Gasteiger partial charge in [0.2, 0.25) is 0 Å².